The Labute approximate surface area is 83.3 Å². The Kier molecular flexibility index (Phi) is 2.40. The number of aromatic nitrogens is 1. The Morgan fingerprint density at radius 1 is 1.38 bits per heavy atom. The van der Waals surface area contributed by atoms with Gasteiger partial charge in [-0.2, -0.15) is 0 Å². The summed E-state index contributed by atoms with van der Waals surface area (Å²) in [6.07, 6.45) is 6.11. The van der Waals surface area contributed by atoms with Crippen LogP contribution in [0.4, 0.5) is 5.69 Å². The molecule has 0 bridgehead atoms. The minimum absolute atomic E-state index is 0.380. The molecule has 1 saturated carbocycles. The lowest BCUT2D eigenvalue weighted by Crippen LogP contribution is -2.16. The van der Waals surface area contributed by atoms with Gasteiger partial charge in [0.2, 0.25) is 0 Å². The lowest BCUT2D eigenvalue weighted by atomic mass is 10.1. The van der Waals surface area contributed by atoms with Crippen LogP contribution in [0.2, 0.25) is 0 Å². The van der Waals surface area contributed by atoms with Crippen LogP contribution in [-0.4, -0.2) is 17.4 Å². The van der Waals surface area contributed by atoms with Crippen molar-refractivity contribution in [2.45, 2.75) is 12.8 Å². The molecule has 0 saturated heterocycles. The van der Waals surface area contributed by atoms with Crippen LogP contribution in [0.25, 0.3) is 0 Å². The van der Waals surface area contributed by atoms with Gasteiger partial charge in [-0.15, -0.1) is 11.6 Å². The van der Waals surface area contributed by atoms with Crippen LogP contribution in [0.15, 0.2) is 24.5 Å². The predicted octanol–water partition coefficient (Wildman–Crippen LogP) is 2.51. The Balaban J connectivity index is 1.86. The van der Waals surface area contributed by atoms with Crippen molar-refractivity contribution < 1.29 is 0 Å². The summed E-state index contributed by atoms with van der Waals surface area (Å²) in [6.45, 7) is 0.987. The van der Waals surface area contributed by atoms with E-state index >= 15 is 0 Å². The van der Waals surface area contributed by atoms with Gasteiger partial charge in [-0.1, -0.05) is 0 Å². The van der Waals surface area contributed by atoms with E-state index in [9.17, 15) is 0 Å². The highest BCUT2D eigenvalue weighted by Crippen LogP contribution is 2.46. The van der Waals surface area contributed by atoms with Crippen molar-refractivity contribution in [2.24, 2.45) is 5.41 Å². The van der Waals surface area contributed by atoms with Crippen LogP contribution in [0, 0.1) is 5.41 Å². The molecule has 13 heavy (non-hydrogen) atoms. The number of halogens is 1. The van der Waals surface area contributed by atoms with Crippen LogP contribution in [0.1, 0.15) is 12.8 Å². The third kappa shape index (κ3) is 2.13. The largest absolute Gasteiger partial charge is 0.384 e. The maximum absolute atomic E-state index is 5.87. The van der Waals surface area contributed by atoms with E-state index in [1.54, 1.807) is 12.4 Å². The van der Waals surface area contributed by atoms with Crippen LogP contribution < -0.4 is 5.32 Å². The van der Waals surface area contributed by atoms with Gasteiger partial charge in [-0.3, -0.25) is 4.98 Å². The molecule has 1 aliphatic rings. The number of hydrogen-bond donors (Lipinski definition) is 1. The number of nitrogens with one attached hydrogen (secondary N) is 1. The fourth-order valence-electron chi connectivity index (χ4n) is 1.29. The quantitative estimate of drug-likeness (QED) is 0.749. The molecule has 0 aliphatic heterocycles. The highest BCUT2D eigenvalue weighted by molar-refractivity contribution is 6.18. The number of anilines is 1. The molecule has 0 spiro atoms. The standard InChI is InChI=1S/C10H13ClN2/c11-7-10(3-4-10)8-13-9-1-5-12-6-2-9/h1-2,5-6H,3-4,7-8H2,(H,12,13). The maximum atomic E-state index is 5.87. The summed E-state index contributed by atoms with van der Waals surface area (Å²) in [6, 6.07) is 3.95. The van der Waals surface area contributed by atoms with E-state index in [1.165, 1.54) is 12.8 Å². The number of pyridine rings is 1. The fraction of sp³-hybridized carbons (Fsp3) is 0.500. The zero-order valence-corrected chi connectivity index (χ0v) is 8.22. The first-order valence-electron chi connectivity index (χ1n) is 4.55. The van der Waals surface area contributed by atoms with Gasteiger partial charge in [-0.25, -0.2) is 0 Å². The Hall–Kier alpha value is -0.760. The summed E-state index contributed by atoms with van der Waals surface area (Å²) >= 11 is 5.87. The summed E-state index contributed by atoms with van der Waals surface area (Å²) in [5, 5.41) is 3.37. The van der Waals surface area contributed by atoms with Gasteiger partial charge < -0.3 is 5.32 Å². The van der Waals surface area contributed by atoms with Crippen molar-refractivity contribution in [3.05, 3.63) is 24.5 Å². The zero-order valence-electron chi connectivity index (χ0n) is 7.46. The normalized spacial score (nSPS) is 18.2. The molecular formula is C10H13ClN2. The third-order valence-electron chi connectivity index (χ3n) is 2.59. The molecular weight excluding hydrogens is 184 g/mol. The zero-order chi connectivity index (χ0) is 9.15. The average Bonchev–Trinajstić information content (AvgIpc) is 2.97. The minimum atomic E-state index is 0.380. The summed E-state index contributed by atoms with van der Waals surface area (Å²) in [4.78, 5) is 3.96. The van der Waals surface area contributed by atoms with Gasteiger partial charge in [0.1, 0.15) is 0 Å². The molecule has 1 aliphatic carbocycles. The second-order valence-corrected chi connectivity index (χ2v) is 3.99. The van der Waals surface area contributed by atoms with E-state index in [2.05, 4.69) is 10.3 Å². The highest BCUT2D eigenvalue weighted by Gasteiger charge is 2.41. The van der Waals surface area contributed by atoms with Crippen molar-refractivity contribution in [1.82, 2.24) is 4.98 Å². The second-order valence-electron chi connectivity index (χ2n) is 3.72. The SMILES string of the molecule is ClCC1(CNc2ccncc2)CC1. The first-order valence-corrected chi connectivity index (χ1v) is 5.08. The smallest absolute Gasteiger partial charge is 0.0371 e. The molecule has 1 N–H and O–H groups in total. The number of rotatable bonds is 4. The van der Waals surface area contributed by atoms with Crippen LogP contribution in [-0.2, 0) is 0 Å². The first kappa shape index (κ1) is 8.82. The van der Waals surface area contributed by atoms with Gasteiger partial charge in [0, 0.05) is 35.9 Å². The van der Waals surface area contributed by atoms with Gasteiger partial charge in [0.25, 0.3) is 0 Å². The van der Waals surface area contributed by atoms with E-state index < -0.39 is 0 Å². The molecule has 3 heteroatoms. The summed E-state index contributed by atoms with van der Waals surface area (Å²) in [5.41, 5.74) is 1.51. The molecule has 2 nitrogen and oxygen atoms in total. The highest BCUT2D eigenvalue weighted by atomic mass is 35.5. The van der Waals surface area contributed by atoms with Gasteiger partial charge in [0.15, 0.2) is 0 Å². The van der Waals surface area contributed by atoms with Crippen LogP contribution in [0.5, 0.6) is 0 Å². The van der Waals surface area contributed by atoms with Crippen LogP contribution in [0.3, 0.4) is 0 Å². The molecule has 0 unspecified atom stereocenters. The maximum Gasteiger partial charge on any atom is 0.0371 e. The van der Waals surface area contributed by atoms with Gasteiger partial charge in [0.05, 0.1) is 0 Å². The predicted molar refractivity (Wildman–Crippen MR) is 55.1 cm³/mol. The van der Waals surface area contributed by atoms with E-state index in [0.29, 0.717) is 5.41 Å². The van der Waals surface area contributed by atoms with Gasteiger partial charge >= 0.3 is 0 Å². The average molecular weight is 197 g/mol. The molecule has 0 atom stereocenters. The van der Waals surface area contributed by atoms with Gasteiger partial charge in [-0.05, 0) is 25.0 Å². The summed E-state index contributed by atoms with van der Waals surface area (Å²) in [5.74, 6) is 0.769. The third-order valence-corrected chi connectivity index (χ3v) is 3.16. The van der Waals surface area contributed by atoms with Crippen LogP contribution >= 0.6 is 11.6 Å². The monoisotopic (exact) mass is 196 g/mol. The Morgan fingerprint density at radius 2 is 2.08 bits per heavy atom. The molecule has 2 rings (SSSR count). The number of nitrogens with zero attached hydrogens (tertiary/aromatic N) is 1. The lowest BCUT2D eigenvalue weighted by Gasteiger charge is -2.12. The van der Waals surface area contributed by atoms with E-state index in [1.807, 2.05) is 12.1 Å². The number of hydrogen-bond acceptors (Lipinski definition) is 2. The molecule has 0 radical (unpaired) electrons. The summed E-state index contributed by atoms with van der Waals surface area (Å²) < 4.78 is 0. The van der Waals surface area contributed by atoms with Crippen molar-refractivity contribution in [2.75, 3.05) is 17.7 Å². The molecule has 1 aromatic rings. The number of alkyl halides is 1. The molecule has 1 fully saturated rings. The van der Waals surface area contributed by atoms with E-state index in [0.717, 1.165) is 18.1 Å². The topological polar surface area (TPSA) is 24.9 Å². The first-order chi connectivity index (χ1) is 6.35. The minimum Gasteiger partial charge on any atom is -0.384 e. The van der Waals surface area contributed by atoms with E-state index in [4.69, 9.17) is 11.6 Å². The molecule has 1 heterocycles. The van der Waals surface area contributed by atoms with Crippen molar-refractivity contribution in [3.8, 4) is 0 Å². The second kappa shape index (κ2) is 3.54. The lowest BCUT2D eigenvalue weighted by molar-refractivity contribution is 0.619. The van der Waals surface area contributed by atoms with Crippen molar-refractivity contribution in [3.63, 3.8) is 0 Å². The Morgan fingerprint density at radius 3 is 2.62 bits per heavy atom. The fourth-order valence-corrected chi connectivity index (χ4v) is 1.66. The molecule has 0 aromatic carbocycles. The van der Waals surface area contributed by atoms with E-state index in [-0.39, 0.29) is 0 Å². The van der Waals surface area contributed by atoms with Crippen molar-refractivity contribution in [1.29, 1.82) is 0 Å². The molecule has 70 valence electrons. The molecule has 0 amide bonds. The Bertz CT molecular complexity index is 270. The molecule has 1 aromatic heterocycles. The van der Waals surface area contributed by atoms with Crippen molar-refractivity contribution >= 4 is 17.3 Å². The summed E-state index contributed by atoms with van der Waals surface area (Å²) in [7, 11) is 0.